The summed E-state index contributed by atoms with van der Waals surface area (Å²) in [5.74, 6) is -0.767. The monoisotopic (exact) mass is 457 g/mol. The largest absolute Gasteiger partial charge is 0.342 e. The summed E-state index contributed by atoms with van der Waals surface area (Å²) in [6.45, 7) is 9.52. The molecule has 2 aromatic rings. The van der Waals surface area contributed by atoms with E-state index in [1.54, 1.807) is 29.2 Å². The van der Waals surface area contributed by atoms with Gasteiger partial charge >= 0.3 is 0 Å². The van der Waals surface area contributed by atoms with Crippen molar-refractivity contribution in [3.8, 4) is 0 Å². The lowest BCUT2D eigenvalue weighted by molar-refractivity contribution is -0.128. The number of hydrogen-bond acceptors (Lipinski definition) is 6. The second-order valence-corrected chi connectivity index (χ2v) is 9.74. The Morgan fingerprint density at radius 3 is 2.53 bits per heavy atom. The van der Waals surface area contributed by atoms with E-state index >= 15 is 0 Å². The van der Waals surface area contributed by atoms with Crippen LogP contribution in [0.25, 0.3) is 0 Å². The molecule has 0 spiro atoms. The van der Waals surface area contributed by atoms with Gasteiger partial charge in [-0.15, -0.1) is 10.2 Å². The fourth-order valence-corrected chi connectivity index (χ4v) is 4.24. The van der Waals surface area contributed by atoms with Gasteiger partial charge in [0.15, 0.2) is 0 Å². The molecule has 1 aliphatic rings. The number of hydrogen-bond donors (Lipinski definition) is 2. The number of amides is 3. The van der Waals surface area contributed by atoms with Gasteiger partial charge < -0.3 is 10.2 Å². The number of rotatable bonds is 9. The molecule has 1 fully saturated rings. The number of aromatic nitrogens is 2. The van der Waals surface area contributed by atoms with Gasteiger partial charge in [-0.25, -0.2) is 0 Å². The Hall–Kier alpha value is -2.81. The smallest absolute Gasteiger partial charge is 0.257 e. The van der Waals surface area contributed by atoms with Crippen LogP contribution in [0.15, 0.2) is 24.3 Å². The Balaban J connectivity index is 1.55. The van der Waals surface area contributed by atoms with Gasteiger partial charge in [0.05, 0.1) is 5.92 Å². The number of nitrogens with one attached hydrogen (secondary N) is 2. The summed E-state index contributed by atoms with van der Waals surface area (Å²) >= 11 is 1.38. The van der Waals surface area contributed by atoms with Crippen LogP contribution in [-0.4, -0.2) is 45.9 Å². The van der Waals surface area contributed by atoms with Crippen molar-refractivity contribution in [2.75, 3.05) is 23.7 Å². The first-order valence-corrected chi connectivity index (χ1v) is 11.9. The van der Waals surface area contributed by atoms with Gasteiger partial charge in [0, 0.05) is 36.2 Å². The van der Waals surface area contributed by atoms with Crippen molar-refractivity contribution in [3.63, 3.8) is 0 Å². The van der Waals surface area contributed by atoms with Crippen LogP contribution in [0.1, 0.15) is 68.7 Å². The summed E-state index contributed by atoms with van der Waals surface area (Å²) in [4.78, 5) is 39.0. The molecule has 8 nitrogen and oxygen atoms in total. The van der Waals surface area contributed by atoms with E-state index < -0.39 is 0 Å². The predicted molar refractivity (Wildman–Crippen MR) is 126 cm³/mol. The molecular formula is C23H31N5O3S. The molecular weight excluding hydrogens is 426 g/mol. The molecule has 1 aromatic carbocycles. The highest BCUT2D eigenvalue weighted by Crippen LogP contribution is 2.31. The minimum atomic E-state index is -0.346. The Morgan fingerprint density at radius 2 is 1.88 bits per heavy atom. The van der Waals surface area contributed by atoms with E-state index in [2.05, 4.69) is 48.5 Å². The molecule has 1 atom stereocenters. The molecule has 2 N–H and O–H groups in total. The third kappa shape index (κ3) is 5.70. The first kappa shape index (κ1) is 23.8. The average molecular weight is 458 g/mol. The SMILES string of the molecule is CCCCN1CC(C(=O)Nc2ccc(C(=O)Nc3nnc(C(C)(C)CC)s3)cc2)CC1=O. The van der Waals surface area contributed by atoms with Crippen LogP contribution in [0, 0.1) is 5.92 Å². The van der Waals surface area contributed by atoms with Crippen molar-refractivity contribution in [1.29, 1.82) is 0 Å². The highest BCUT2D eigenvalue weighted by atomic mass is 32.1. The first-order valence-electron chi connectivity index (χ1n) is 11.1. The van der Waals surface area contributed by atoms with Gasteiger partial charge in [0.2, 0.25) is 16.9 Å². The summed E-state index contributed by atoms with van der Waals surface area (Å²) in [7, 11) is 0. The summed E-state index contributed by atoms with van der Waals surface area (Å²) in [5, 5.41) is 15.2. The minimum Gasteiger partial charge on any atom is -0.342 e. The Morgan fingerprint density at radius 1 is 1.16 bits per heavy atom. The Kier molecular flexibility index (Phi) is 7.60. The first-order chi connectivity index (χ1) is 15.2. The molecule has 2 heterocycles. The van der Waals surface area contributed by atoms with Gasteiger partial charge in [-0.2, -0.15) is 0 Å². The molecule has 0 radical (unpaired) electrons. The third-order valence-electron chi connectivity index (χ3n) is 5.89. The predicted octanol–water partition coefficient (Wildman–Crippen LogP) is 4.07. The molecule has 3 amide bonds. The molecule has 1 aliphatic heterocycles. The van der Waals surface area contributed by atoms with Crippen molar-refractivity contribution < 1.29 is 14.4 Å². The summed E-state index contributed by atoms with van der Waals surface area (Å²) in [5.41, 5.74) is 0.961. The van der Waals surface area contributed by atoms with Gasteiger partial charge in [0.1, 0.15) is 5.01 Å². The normalized spacial score (nSPS) is 16.3. The number of nitrogens with zero attached hydrogens (tertiary/aromatic N) is 3. The van der Waals surface area contributed by atoms with Crippen LogP contribution in [0.2, 0.25) is 0 Å². The summed E-state index contributed by atoms with van der Waals surface area (Å²) in [6.07, 6.45) is 3.12. The Labute approximate surface area is 192 Å². The van der Waals surface area contributed by atoms with E-state index in [-0.39, 0.29) is 35.5 Å². The van der Waals surface area contributed by atoms with Crippen LogP contribution in [0.4, 0.5) is 10.8 Å². The van der Waals surface area contributed by atoms with E-state index in [1.807, 2.05) is 0 Å². The number of carbonyl (C=O) groups excluding carboxylic acids is 3. The van der Waals surface area contributed by atoms with Crippen LogP contribution >= 0.6 is 11.3 Å². The van der Waals surface area contributed by atoms with E-state index in [1.165, 1.54) is 11.3 Å². The minimum absolute atomic E-state index is 0.0350. The second-order valence-electron chi connectivity index (χ2n) is 8.76. The topological polar surface area (TPSA) is 104 Å². The fraction of sp³-hybridized carbons (Fsp3) is 0.522. The van der Waals surface area contributed by atoms with Gasteiger partial charge in [-0.05, 0) is 37.1 Å². The number of carbonyl (C=O) groups is 3. The number of anilines is 2. The van der Waals surface area contributed by atoms with Crippen molar-refractivity contribution >= 4 is 39.9 Å². The molecule has 1 saturated heterocycles. The molecule has 32 heavy (non-hydrogen) atoms. The number of unbranched alkanes of at least 4 members (excludes halogenated alkanes) is 1. The van der Waals surface area contributed by atoms with Crippen LogP contribution < -0.4 is 10.6 Å². The van der Waals surface area contributed by atoms with E-state index in [0.717, 1.165) is 24.3 Å². The number of benzene rings is 1. The maximum absolute atomic E-state index is 12.6. The van der Waals surface area contributed by atoms with Gasteiger partial charge in [-0.3, -0.25) is 19.7 Å². The van der Waals surface area contributed by atoms with Crippen molar-refractivity contribution in [1.82, 2.24) is 15.1 Å². The summed E-state index contributed by atoms with van der Waals surface area (Å²) < 4.78 is 0. The Bertz CT molecular complexity index is 970. The third-order valence-corrected chi connectivity index (χ3v) is 7.09. The lowest BCUT2D eigenvalue weighted by Crippen LogP contribution is -2.29. The van der Waals surface area contributed by atoms with Crippen LogP contribution in [0.5, 0.6) is 0 Å². The highest BCUT2D eigenvalue weighted by molar-refractivity contribution is 7.15. The maximum Gasteiger partial charge on any atom is 0.257 e. The molecule has 9 heteroatoms. The molecule has 3 rings (SSSR count). The number of likely N-dealkylation sites (tertiary alicyclic amines) is 1. The zero-order chi connectivity index (χ0) is 23.3. The van der Waals surface area contributed by atoms with E-state index in [0.29, 0.717) is 29.5 Å². The van der Waals surface area contributed by atoms with Crippen molar-refractivity contribution in [3.05, 3.63) is 34.8 Å². The second kappa shape index (κ2) is 10.2. The highest BCUT2D eigenvalue weighted by Gasteiger charge is 2.33. The van der Waals surface area contributed by atoms with Crippen LogP contribution in [-0.2, 0) is 15.0 Å². The molecule has 0 saturated carbocycles. The maximum atomic E-state index is 12.6. The molecule has 172 valence electrons. The molecule has 1 unspecified atom stereocenters. The molecule has 1 aromatic heterocycles. The lowest BCUT2D eigenvalue weighted by Gasteiger charge is -2.17. The van der Waals surface area contributed by atoms with Gasteiger partial charge in [0.25, 0.3) is 5.91 Å². The van der Waals surface area contributed by atoms with Crippen molar-refractivity contribution in [2.45, 2.75) is 58.8 Å². The van der Waals surface area contributed by atoms with Crippen molar-refractivity contribution in [2.24, 2.45) is 5.92 Å². The zero-order valence-electron chi connectivity index (χ0n) is 19.1. The van der Waals surface area contributed by atoms with E-state index in [9.17, 15) is 14.4 Å². The van der Waals surface area contributed by atoms with Crippen LogP contribution in [0.3, 0.4) is 0 Å². The average Bonchev–Trinajstić information content (AvgIpc) is 3.40. The van der Waals surface area contributed by atoms with E-state index in [4.69, 9.17) is 0 Å². The molecule has 0 aliphatic carbocycles. The fourth-order valence-electron chi connectivity index (χ4n) is 3.33. The zero-order valence-corrected chi connectivity index (χ0v) is 19.9. The standard InChI is InChI=1S/C23H31N5O3S/c1-5-7-12-28-14-16(13-18(28)29)20(31)24-17-10-8-15(9-11-17)19(30)25-22-27-26-21(32-22)23(3,4)6-2/h8-11,16H,5-7,12-14H2,1-4H3,(H,24,31)(H,25,27,30). The quantitative estimate of drug-likeness (QED) is 0.591. The van der Waals surface area contributed by atoms with Gasteiger partial charge in [-0.1, -0.05) is 45.5 Å². The molecule has 0 bridgehead atoms. The summed E-state index contributed by atoms with van der Waals surface area (Å²) in [6, 6.07) is 6.67. The lowest BCUT2D eigenvalue weighted by atomic mass is 9.91.